The van der Waals surface area contributed by atoms with Gasteiger partial charge < -0.3 is 4.42 Å². The lowest BCUT2D eigenvalue weighted by molar-refractivity contribution is 0.599. The Morgan fingerprint density at radius 2 is 0.937 bits per heavy atom. The second-order valence-electron chi connectivity index (χ2n) is 15.9. The van der Waals surface area contributed by atoms with Gasteiger partial charge >= 0.3 is 0 Å². The SMILES string of the molecule is [2H]c1c([2H])c([2H])c2c(-c3ccc4ccc5cccnc5c4n3)c([2H])c([2H])c(-c3ccc(-c4oc(-c5ccc6ccc7cccc8ccc5c6c78)c(-c5ccccc5)c4-c4ccccc4)cc3)c2c1[2H]. The van der Waals surface area contributed by atoms with Crippen LogP contribution >= 0.6 is 0 Å². The van der Waals surface area contributed by atoms with Crippen molar-refractivity contribution in [1.29, 1.82) is 0 Å². The van der Waals surface area contributed by atoms with E-state index in [4.69, 9.17) is 12.1 Å². The molecule has 0 saturated heterocycles. The smallest absolute Gasteiger partial charge is 0.143 e. The molecule has 63 heavy (non-hydrogen) atoms. The lowest BCUT2D eigenvalue weighted by Crippen LogP contribution is -1.91. The summed E-state index contributed by atoms with van der Waals surface area (Å²) in [5.74, 6) is 1.37. The van der Waals surface area contributed by atoms with E-state index in [9.17, 15) is 5.48 Å². The molecule has 0 amide bonds. The van der Waals surface area contributed by atoms with Crippen molar-refractivity contribution in [2.75, 3.05) is 0 Å². The predicted octanol–water partition coefficient (Wildman–Crippen LogP) is 16.4. The summed E-state index contributed by atoms with van der Waals surface area (Å²) >= 11 is 0. The molecule has 10 aromatic carbocycles. The van der Waals surface area contributed by atoms with Gasteiger partial charge in [-0.2, -0.15) is 0 Å². The van der Waals surface area contributed by atoms with Gasteiger partial charge in [0, 0.05) is 44.8 Å². The highest BCUT2D eigenvalue weighted by Gasteiger charge is 2.27. The van der Waals surface area contributed by atoms with Crippen molar-refractivity contribution in [3.63, 3.8) is 0 Å². The molecule has 3 heterocycles. The molecule has 292 valence electrons. The molecule has 0 aliphatic rings. The van der Waals surface area contributed by atoms with E-state index < -0.39 is 12.1 Å². The minimum absolute atomic E-state index is 0.129. The molecule has 0 atom stereocenters. The fourth-order valence-corrected chi connectivity index (χ4v) is 9.52. The van der Waals surface area contributed by atoms with Gasteiger partial charge in [0.1, 0.15) is 11.5 Å². The number of furan rings is 1. The van der Waals surface area contributed by atoms with Crippen molar-refractivity contribution >= 4 is 64.9 Å². The zero-order chi connectivity index (χ0) is 46.7. The van der Waals surface area contributed by atoms with E-state index in [0.717, 1.165) is 60.7 Å². The average molecular weight is 807 g/mol. The van der Waals surface area contributed by atoms with E-state index >= 15 is 0 Å². The van der Waals surface area contributed by atoms with Crippen molar-refractivity contribution in [3.05, 3.63) is 218 Å². The Balaban J connectivity index is 1.04. The van der Waals surface area contributed by atoms with Crippen molar-refractivity contribution in [1.82, 2.24) is 9.97 Å². The number of rotatable bonds is 6. The Morgan fingerprint density at radius 1 is 0.365 bits per heavy atom. The molecule has 0 fully saturated rings. The normalized spacial score (nSPS) is 13.1. The summed E-state index contributed by atoms with van der Waals surface area (Å²) in [5, 5.41) is 8.99. The minimum Gasteiger partial charge on any atom is -0.455 e. The molecule has 0 bridgehead atoms. The van der Waals surface area contributed by atoms with E-state index in [-0.39, 0.29) is 46.1 Å². The molecule has 0 spiro atoms. The molecule has 0 N–H and O–H groups in total. The Kier molecular flexibility index (Phi) is 6.66. The van der Waals surface area contributed by atoms with Gasteiger partial charge in [0.05, 0.1) is 25.0 Å². The largest absolute Gasteiger partial charge is 0.455 e. The van der Waals surface area contributed by atoms with E-state index in [1.165, 1.54) is 21.5 Å². The molecule has 0 aliphatic carbocycles. The summed E-state index contributed by atoms with van der Waals surface area (Å²) in [6.45, 7) is 0. The first-order valence-electron chi connectivity index (χ1n) is 24.0. The van der Waals surface area contributed by atoms with Crippen LogP contribution < -0.4 is 0 Å². The molecule has 13 rings (SSSR count). The van der Waals surface area contributed by atoms with E-state index in [1.807, 2.05) is 91.0 Å². The number of hydrogen-bond acceptors (Lipinski definition) is 3. The number of pyridine rings is 2. The van der Waals surface area contributed by atoms with Crippen molar-refractivity contribution < 1.29 is 12.6 Å². The maximum Gasteiger partial charge on any atom is 0.143 e. The summed E-state index contributed by atoms with van der Waals surface area (Å²) < 4.78 is 62.7. The van der Waals surface area contributed by atoms with Crippen LogP contribution in [0.2, 0.25) is 0 Å². The lowest BCUT2D eigenvalue weighted by Gasteiger charge is -2.14. The molecule has 0 aliphatic heterocycles. The van der Waals surface area contributed by atoms with Crippen LogP contribution in [0.5, 0.6) is 0 Å². The van der Waals surface area contributed by atoms with Crippen LogP contribution in [0.15, 0.2) is 223 Å². The average Bonchev–Trinajstić information content (AvgIpc) is 3.80. The van der Waals surface area contributed by atoms with Gasteiger partial charge in [-0.15, -0.1) is 0 Å². The second kappa shape index (κ2) is 14.1. The summed E-state index contributed by atoms with van der Waals surface area (Å²) in [7, 11) is 0. The van der Waals surface area contributed by atoms with Crippen LogP contribution in [0.25, 0.3) is 132 Å². The number of aromatic nitrogens is 2. The molecular weight excluding hydrogens is 765 g/mol. The number of fused-ring (bicyclic) bond motifs is 4. The fraction of sp³-hybridized carbons (Fsp3) is 0. The topological polar surface area (TPSA) is 38.9 Å². The first-order valence-corrected chi connectivity index (χ1v) is 21.0. The summed E-state index contributed by atoms with van der Waals surface area (Å²) in [5.41, 5.74) is 8.05. The van der Waals surface area contributed by atoms with Crippen LogP contribution in [-0.2, 0) is 0 Å². The van der Waals surface area contributed by atoms with Crippen molar-refractivity contribution in [2.24, 2.45) is 0 Å². The predicted molar refractivity (Wildman–Crippen MR) is 263 cm³/mol. The Labute approximate surface area is 372 Å². The zero-order valence-corrected chi connectivity index (χ0v) is 33.6. The second-order valence-corrected chi connectivity index (χ2v) is 15.9. The maximum atomic E-state index is 9.62. The Morgan fingerprint density at radius 3 is 1.68 bits per heavy atom. The van der Waals surface area contributed by atoms with Gasteiger partial charge in [-0.1, -0.05) is 194 Å². The number of benzene rings is 10. The molecule has 0 unspecified atom stereocenters. The number of hydrogen-bond donors (Lipinski definition) is 0. The first-order chi connectivity index (χ1) is 33.7. The van der Waals surface area contributed by atoms with Crippen LogP contribution in [0.1, 0.15) is 8.22 Å². The third kappa shape index (κ3) is 5.60. The van der Waals surface area contributed by atoms with Gasteiger partial charge in [0.15, 0.2) is 0 Å². The van der Waals surface area contributed by atoms with E-state index in [1.54, 1.807) is 12.3 Å². The van der Waals surface area contributed by atoms with Crippen LogP contribution in [0, 0.1) is 0 Å². The third-order valence-corrected chi connectivity index (χ3v) is 12.4. The standard InChI is InChI=1S/C60H36N2O/c1-3-11-38(12-4-1)55-56(39-13-5-2-6-14-39)60(51-32-29-42-23-22-40-15-9-16-41-28-31-50(51)54(42)53(40)41)63-59(55)45-26-20-37(21-27-45)46-33-34-49(48-19-8-7-18-47(46)48)52-35-30-44-25-24-43-17-10-36-61-57(43)58(44)62-52/h1-36H/i7D,8D,18D,19D,33D,34D. The fourth-order valence-electron chi connectivity index (χ4n) is 9.52. The number of nitrogens with zero attached hydrogens (tertiary/aromatic N) is 2. The van der Waals surface area contributed by atoms with Gasteiger partial charge in [-0.25, -0.2) is 4.98 Å². The van der Waals surface area contributed by atoms with Gasteiger partial charge in [0.25, 0.3) is 0 Å². The van der Waals surface area contributed by atoms with Crippen LogP contribution in [0.3, 0.4) is 0 Å². The lowest BCUT2D eigenvalue weighted by atomic mass is 9.88. The van der Waals surface area contributed by atoms with Crippen LogP contribution in [-0.4, -0.2) is 9.97 Å². The molecule has 0 saturated carbocycles. The summed E-state index contributed by atoms with van der Waals surface area (Å²) in [4.78, 5) is 9.59. The quantitative estimate of drug-likeness (QED) is 0.157. The van der Waals surface area contributed by atoms with Gasteiger partial charge in [-0.3, -0.25) is 4.98 Å². The van der Waals surface area contributed by atoms with E-state index in [2.05, 4.69) is 83.8 Å². The molecular formula is C60H36N2O. The highest BCUT2D eigenvalue weighted by Crippen LogP contribution is 2.51. The summed E-state index contributed by atoms with van der Waals surface area (Å²) in [6.07, 6.45) is 1.70. The molecule has 3 nitrogen and oxygen atoms in total. The summed E-state index contributed by atoms with van der Waals surface area (Å²) in [6, 6.07) is 57.1. The van der Waals surface area contributed by atoms with Crippen LogP contribution in [0.4, 0.5) is 0 Å². The third-order valence-electron chi connectivity index (χ3n) is 12.4. The first kappa shape index (κ1) is 29.8. The maximum absolute atomic E-state index is 9.62. The molecule has 3 heteroatoms. The monoisotopic (exact) mass is 806 g/mol. The highest BCUT2D eigenvalue weighted by atomic mass is 16.3. The highest BCUT2D eigenvalue weighted by molar-refractivity contribution is 6.26. The van der Waals surface area contributed by atoms with Crippen molar-refractivity contribution in [3.8, 4) is 67.3 Å². The Bertz CT molecular complexity index is 4230. The van der Waals surface area contributed by atoms with Gasteiger partial charge in [-0.05, 0) is 83.5 Å². The van der Waals surface area contributed by atoms with Gasteiger partial charge in [0.2, 0.25) is 0 Å². The minimum atomic E-state index is -0.430. The Hall–Kier alpha value is -8.40. The zero-order valence-electron chi connectivity index (χ0n) is 39.6. The van der Waals surface area contributed by atoms with Crippen molar-refractivity contribution in [2.45, 2.75) is 0 Å². The molecule has 0 radical (unpaired) electrons. The molecule has 13 aromatic rings. The van der Waals surface area contributed by atoms with E-state index in [0.29, 0.717) is 28.1 Å². The molecule has 3 aromatic heterocycles.